The SMILES string of the molecule is CNS(=O)(=O)c1ccc(CCC(=O)N[C@@H](C)C2CCN(CC(F)(F)F)CC2)cc1. The van der Waals surface area contributed by atoms with Crippen LogP contribution in [0.5, 0.6) is 0 Å². The molecular formula is C19H28F3N3O3S. The third-order valence-electron chi connectivity index (χ3n) is 5.27. The highest BCUT2D eigenvalue weighted by atomic mass is 32.2. The van der Waals surface area contributed by atoms with Gasteiger partial charge in [-0.15, -0.1) is 0 Å². The third-order valence-corrected chi connectivity index (χ3v) is 6.70. The van der Waals surface area contributed by atoms with Crippen molar-refractivity contribution in [2.24, 2.45) is 5.92 Å². The summed E-state index contributed by atoms with van der Waals surface area (Å²) < 4.78 is 63.0. The molecule has 2 rings (SSSR count). The van der Waals surface area contributed by atoms with Crippen molar-refractivity contribution < 1.29 is 26.4 Å². The Morgan fingerprint density at radius 2 is 1.79 bits per heavy atom. The Morgan fingerprint density at radius 3 is 2.31 bits per heavy atom. The number of piperidine rings is 1. The second-order valence-electron chi connectivity index (χ2n) is 7.44. The summed E-state index contributed by atoms with van der Waals surface area (Å²) >= 11 is 0. The molecule has 2 N–H and O–H groups in total. The van der Waals surface area contributed by atoms with Gasteiger partial charge in [-0.3, -0.25) is 9.69 Å². The number of carbonyl (C=O) groups is 1. The van der Waals surface area contributed by atoms with Gasteiger partial charge in [0.25, 0.3) is 0 Å². The molecule has 1 amide bonds. The van der Waals surface area contributed by atoms with E-state index in [0.717, 1.165) is 5.56 Å². The lowest BCUT2D eigenvalue weighted by Gasteiger charge is -2.35. The number of alkyl halides is 3. The smallest absolute Gasteiger partial charge is 0.353 e. The van der Waals surface area contributed by atoms with Crippen molar-refractivity contribution in [3.8, 4) is 0 Å². The van der Waals surface area contributed by atoms with E-state index in [1.54, 1.807) is 12.1 Å². The molecule has 0 saturated carbocycles. The molecule has 0 radical (unpaired) electrons. The first-order chi connectivity index (χ1) is 13.5. The summed E-state index contributed by atoms with van der Waals surface area (Å²) in [6.07, 6.45) is -2.20. The highest BCUT2D eigenvalue weighted by molar-refractivity contribution is 7.89. The number of sulfonamides is 1. The van der Waals surface area contributed by atoms with Crippen molar-refractivity contribution in [2.75, 3.05) is 26.7 Å². The molecule has 0 aromatic heterocycles. The molecule has 1 aromatic rings. The molecule has 6 nitrogen and oxygen atoms in total. The largest absolute Gasteiger partial charge is 0.401 e. The molecule has 1 aliphatic rings. The van der Waals surface area contributed by atoms with E-state index >= 15 is 0 Å². The van der Waals surface area contributed by atoms with Crippen molar-refractivity contribution in [3.05, 3.63) is 29.8 Å². The Hall–Kier alpha value is -1.65. The van der Waals surface area contributed by atoms with E-state index in [2.05, 4.69) is 10.0 Å². The zero-order chi connectivity index (χ0) is 21.7. The summed E-state index contributed by atoms with van der Waals surface area (Å²) in [5, 5.41) is 2.94. The van der Waals surface area contributed by atoms with Crippen molar-refractivity contribution in [1.29, 1.82) is 0 Å². The minimum atomic E-state index is -4.18. The molecule has 1 atom stereocenters. The summed E-state index contributed by atoms with van der Waals surface area (Å²) in [4.78, 5) is 13.8. The van der Waals surface area contributed by atoms with Crippen LogP contribution in [-0.2, 0) is 21.2 Å². The standard InChI is InChI=1S/C19H28F3N3O3S/c1-14(16-9-11-25(12-10-16)13-19(20,21)22)24-18(26)8-5-15-3-6-17(7-4-15)29(27,28)23-2/h3-4,6-7,14,16,23H,5,8-13H2,1-2H3,(H,24,26)/t14-/m0/s1. The Morgan fingerprint density at radius 1 is 1.21 bits per heavy atom. The molecule has 1 fully saturated rings. The van der Waals surface area contributed by atoms with Gasteiger partial charge >= 0.3 is 6.18 Å². The molecule has 1 heterocycles. The van der Waals surface area contributed by atoms with Gasteiger partial charge in [-0.2, -0.15) is 13.2 Å². The van der Waals surface area contributed by atoms with Crippen LogP contribution in [0.3, 0.4) is 0 Å². The number of halogens is 3. The van der Waals surface area contributed by atoms with Crippen molar-refractivity contribution in [3.63, 3.8) is 0 Å². The minimum Gasteiger partial charge on any atom is -0.353 e. The first-order valence-corrected chi connectivity index (χ1v) is 11.1. The van der Waals surface area contributed by atoms with Gasteiger partial charge in [0.1, 0.15) is 0 Å². The molecule has 1 aliphatic heterocycles. The average Bonchev–Trinajstić information content (AvgIpc) is 2.66. The summed E-state index contributed by atoms with van der Waals surface area (Å²) in [7, 11) is -2.14. The fourth-order valence-electron chi connectivity index (χ4n) is 3.52. The third kappa shape index (κ3) is 7.60. The molecule has 0 unspecified atom stereocenters. The predicted octanol–water partition coefficient (Wildman–Crippen LogP) is 2.31. The van der Waals surface area contributed by atoms with Gasteiger partial charge in [-0.1, -0.05) is 12.1 Å². The normalized spacial score (nSPS) is 17.8. The molecule has 0 aliphatic carbocycles. The maximum atomic E-state index is 12.5. The molecule has 0 spiro atoms. The molecule has 1 aromatic carbocycles. The molecule has 164 valence electrons. The molecule has 0 bridgehead atoms. The second-order valence-corrected chi connectivity index (χ2v) is 9.32. The fourth-order valence-corrected chi connectivity index (χ4v) is 4.25. The number of hydrogen-bond donors (Lipinski definition) is 2. The lowest BCUT2D eigenvalue weighted by molar-refractivity contribution is -0.148. The Kier molecular flexibility index (Phi) is 8.07. The highest BCUT2D eigenvalue weighted by Gasteiger charge is 2.33. The quantitative estimate of drug-likeness (QED) is 0.657. The predicted molar refractivity (Wildman–Crippen MR) is 104 cm³/mol. The van der Waals surface area contributed by atoms with Crippen molar-refractivity contribution in [2.45, 2.75) is 49.7 Å². The van der Waals surface area contributed by atoms with Crippen LogP contribution in [0.4, 0.5) is 13.2 Å². The van der Waals surface area contributed by atoms with E-state index in [1.807, 2.05) is 6.92 Å². The van der Waals surface area contributed by atoms with Crippen LogP contribution in [0.15, 0.2) is 29.2 Å². The number of aryl methyl sites for hydroxylation is 1. The number of rotatable bonds is 8. The van der Waals surface area contributed by atoms with Crippen molar-refractivity contribution in [1.82, 2.24) is 14.9 Å². The number of likely N-dealkylation sites (tertiary alicyclic amines) is 1. The molecule has 29 heavy (non-hydrogen) atoms. The summed E-state index contributed by atoms with van der Waals surface area (Å²) in [6.45, 7) is 1.77. The molecule has 10 heteroatoms. The Balaban J connectivity index is 1.75. The van der Waals surface area contributed by atoms with Crippen LogP contribution in [0.1, 0.15) is 31.7 Å². The van der Waals surface area contributed by atoms with Gasteiger partial charge in [0.2, 0.25) is 15.9 Å². The number of amides is 1. The van der Waals surface area contributed by atoms with E-state index in [9.17, 15) is 26.4 Å². The number of nitrogens with zero attached hydrogens (tertiary/aromatic N) is 1. The van der Waals surface area contributed by atoms with Crippen LogP contribution in [0.25, 0.3) is 0 Å². The average molecular weight is 436 g/mol. The minimum absolute atomic E-state index is 0.0984. The number of hydrogen-bond acceptors (Lipinski definition) is 4. The number of nitrogens with one attached hydrogen (secondary N) is 2. The van der Waals surface area contributed by atoms with Crippen LogP contribution < -0.4 is 10.0 Å². The zero-order valence-electron chi connectivity index (χ0n) is 16.6. The van der Waals surface area contributed by atoms with Crippen molar-refractivity contribution >= 4 is 15.9 Å². The van der Waals surface area contributed by atoms with E-state index < -0.39 is 22.7 Å². The van der Waals surface area contributed by atoms with Gasteiger partial charge in [-0.25, -0.2) is 13.1 Å². The molecular weight excluding hydrogens is 407 g/mol. The number of benzene rings is 1. The summed E-state index contributed by atoms with van der Waals surface area (Å²) in [5.74, 6) is 0.0385. The lowest BCUT2D eigenvalue weighted by atomic mass is 9.90. The molecule has 1 saturated heterocycles. The van der Waals surface area contributed by atoms with Gasteiger partial charge < -0.3 is 5.32 Å². The second kappa shape index (κ2) is 9.90. The van der Waals surface area contributed by atoms with E-state index in [-0.39, 0.29) is 29.2 Å². The highest BCUT2D eigenvalue weighted by Crippen LogP contribution is 2.24. The maximum Gasteiger partial charge on any atom is 0.401 e. The summed E-state index contributed by atoms with van der Waals surface area (Å²) in [6, 6.07) is 6.25. The monoisotopic (exact) mass is 435 g/mol. The van der Waals surface area contributed by atoms with Gasteiger partial charge in [-0.05, 0) is 69.9 Å². The van der Waals surface area contributed by atoms with Gasteiger partial charge in [0.05, 0.1) is 11.4 Å². The van der Waals surface area contributed by atoms with E-state index in [1.165, 1.54) is 24.1 Å². The zero-order valence-corrected chi connectivity index (χ0v) is 17.4. The van der Waals surface area contributed by atoms with Gasteiger partial charge in [0.15, 0.2) is 0 Å². The van der Waals surface area contributed by atoms with Gasteiger partial charge in [0, 0.05) is 12.5 Å². The van der Waals surface area contributed by atoms with E-state index in [4.69, 9.17) is 0 Å². The van der Waals surface area contributed by atoms with Crippen LogP contribution in [-0.4, -0.2) is 58.1 Å². The van der Waals surface area contributed by atoms with Crippen LogP contribution in [0.2, 0.25) is 0 Å². The van der Waals surface area contributed by atoms with E-state index in [0.29, 0.717) is 32.4 Å². The summed E-state index contributed by atoms with van der Waals surface area (Å²) in [5.41, 5.74) is 0.850. The Labute approximate surface area is 169 Å². The topological polar surface area (TPSA) is 78.5 Å². The first-order valence-electron chi connectivity index (χ1n) is 9.61. The lowest BCUT2D eigenvalue weighted by Crippen LogP contribution is -2.46. The maximum absolute atomic E-state index is 12.5. The van der Waals surface area contributed by atoms with Crippen LogP contribution >= 0.6 is 0 Å². The van der Waals surface area contributed by atoms with Crippen LogP contribution in [0, 0.1) is 5.92 Å². The number of carbonyl (C=O) groups excluding carboxylic acids is 1. The Bertz CT molecular complexity index is 774. The first kappa shape index (κ1) is 23.6. The fraction of sp³-hybridized carbons (Fsp3) is 0.632.